The van der Waals surface area contributed by atoms with E-state index in [-0.39, 0.29) is 40.6 Å². The third-order valence-corrected chi connectivity index (χ3v) is 1.36. The average Bonchev–Trinajstić information content (AvgIpc) is 2.36. The molecule has 1 aromatic heterocycles. The Morgan fingerprint density at radius 2 is 1.43 bits per heavy atom. The Kier molecular flexibility index (Phi) is 17.8. The van der Waals surface area contributed by atoms with Crippen LogP contribution >= 0.6 is 11.3 Å². The van der Waals surface area contributed by atoms with Crippen molar-refractivity contribution in [1.82, 2.24) is 0 Å². The van der Waals surface area contributed by atoms with E-state index in [1.165, 1.54) is 0 Å². The van der Waals surface area contributed by atoms with Crippen LogP contribution in [0.5, 0.6) is 0 Å². The van der Waals surface area contributed by atoms with Crippen molar-refractivity contribution in [3.05, 3.63) is 22.9 Å². The molecule has 14 heavy (non-hydrogen) atoms. The summed E-state index contributed by atoms with van der Waals surface area (Å²) in [4.78, 5) is 18.9. The maximum atomic E-state index is 9.43. The van der Waals surface area contributed by atoms with E-state index in [0.29, 0.717) is 0 Å². The smallest absolute Gasteiger partial charge is 1.00 e. The van der Waals surface area contributed by atoms with Crippen molar-refractivity contribution in [2.45, 2.75) is 6.42 Å². The van der Waals surface area contributed by atoms with Gasteiger partial charge in [-0.1, -0.05) is 12.1 Å². The van der Waals surface area contributed by atoms with Crippen molar-refractivity contribution in [3.63, 3.8) is 0 Å². The van der Waals surface area contributed by atoms with Crippen LogP contribution in [0.3, 0.4) is 0 Å². The van der Waals surface area contributed by atoms with Crippen LogP contribution < -0.4 is 37.7 Å². The molecular formula is C7H10Li2O4S. The van der Waals surface area contributed by atoms with E-state index < -0.39 is 18.4 Å². The standard InChI is InChI=1S/C4H4S.C3H4O4.2Li.2H/c1-2-4-5-3-1;4-2(5)1-3(6)7;;;;/h1-4H;1H2,(H,4,5)(H,6,7);;;;/q;;2*+1;2*-1. The zero-order valence-electron chi connectivity index (χ0n) is 10.1. The first-order chi connectivity index (χ1) is 5.63. The molecule has 0 unspecified atom stereocenters. The molecule has 70 valence electrons. The van der Waals surface area contributed by atoms with Gasteiger partial charge in [-0.2, -0.15) is 11.3 Å². The number of aliphatic carboxylic acids is 2. The van der Waals surface area contributed by atoms with E-state index in [4.69, 9.17) is 10.2 Å². The van der Waals surface area contributed by atoms with Crippen LogP contribution in [-0.4, -0.2) is 22.2 Å². The van der Waals surface area contributed by atoms with Crippen LogP contribution in [-0.2, 0) is 9.59 Å². The second-order valence-corrected chi connectivity index (χ2v) is 2.57. The van der Waals surface area contributed by atoms with E-state index in [0.717, 1.165) is 0 Å². The summed E-state index contributed by atoms with van der Waals surface area (Å²) in [6.07, 6.45) is -0.806. The molecule has 4 nitrogen and oxygen atoms in total. The predicted molar refractivity (Wildman–Crippen MR) is 46.4 cm³/mol. The molecule has 0 amide bonds. The Balaban J connectivity index is -0.0000000411. The summed E-state index contributed by atoms with van der Waals surface area (Å²) in [5, 5.41) is 19.5. The monoisotopic (exact) mass is 204 g/mol. The fourth-order valence-corrected chi connectivity index (χ4v) is 0.810. The van der Waals surface area contributed by atoms with Crippen LogP contribution in [0.4, 0.5) is 0 Å². The SMILES string of the molecule is O=C(O)CC(=O)O.[H-].[H-].[Li+].[Li+].c1ccsc1. The van der Waals surface area contributed by atoms with Gasteiger partial charge in [0.25, 0.3) is 0 Å². The number of carboxylic acid groups (broad SMARTS) is 2. The topological polar surface area (TPSA) is 74.6 Å². The van der Waals surface area contributed by atoms with Crippen molar-refractivity contribution in [2.75, 3.05) is 0 Å². The predicted octanol–water partition coefficient (Wildman–Crippen LogP) is -4.47. The largest absolute Gasteiger partial charge is 1.00 e. The molecule has 1 heterocycles. The van der Waals surface area contributed by atoms with Gasteiger partial charge in [0.1, 0.15) is 6.42 Å². The Hall–Kier alpha value is -0.165. The molecule has 0 radical (unpaired) electrons. The van der Waals surface area contributed by atoms with Gasteiger partial charge in [0.2, 0.25) is 0 Å². The van der Waals surface area contributed by atoms with Gasteiger partial charge in [-0.15, -0.1) is 0 Å². The third-order valence-electron chi connectivity index (χ3n) is 0.728. The van der Waals surface area contributed by atoms with Crippen molar-refractivity contribution in [3.8, 4) is 0 Å². The second-order valence-electron chi connectivity index (χ2n) is 1.76. The molecule has 0 saturated carbocycles. The molecule has 0 fully saturated rings. The van der Waals surface area contributed by atoms with Gasteiger partial charge in [-0.05, 0) is 10.8 Å². The summed E-state index contributed by atoms with van der Waals surface area (Å²) in [6.45, 7) is 0. The van der Waals surface area contributed by atoms with Gasteiger partial charge in [0.15, 0.2) is 0 Å². The second kappa shape index (κ2) is 12.8. The van der Waals surface area contributed by atoms with E-state index in [2.05, 4.69) is 0 Å². The number of carboxylic acids is 2. The van der Waals surface area contributed by atoms with Gasteiger partial charge in [-0.3, -0.25) is 9.59 Å². The van der Waals surface area contributed by atoms with Gasteiger partial charge in [0, 0.05) is 0 Å². The van der Waals surface area contributed by atoms with E-state index in [1.807, 2.05) is 22.9 Å². The van der Waals surface area contributed by atoms with E-state index in [9.17, 15) is 9.59 Å². The maximum absolute atomic E-state index is 9.43. The fourth-order valence-electron chi connectivity index (χ4n) is 0.356. The Bertz CT molecular complexity index is 217. The van der Waals surface area contributed by atoms with Crippen molar-refractivity contribution in [2.24, 2.45) is 0 Å². The average molecular weight is 204 g/mol. The first-order valence-electron chi connectivity index (χ1n) is 3.03. The van der Waals surface area contributed by atoms with Gasteiger partial charge >= 0.3 is 49.7 Å². The number of thiophene rings is 1. The van der Waals surface area contributed by atoms with E-state index in [1.54, 1.807) is 11.3 Å². The van der Waals surface area contributed by atoms with Gasteiger partial charge < -0.3 is 13.1 Å². The van der Waals surface area contributed by atoms with Gasteiger partial charge in [0.05, 0.1) is 0 Å². The van der Waals surface area contributed by atoms with Crippen LogP contribution in [0, 0.1) is 0 Å². The molecule has 2 N–H and O–H groups in total. The van der Waals surface area contributed by atoms with Gasteiger partial charge in [-0.25, -0.2) is 0 Å². The van der Waals surface area contributed by atoms with Crippen LogP contribution in [0.2, 0.25) is 0 Å². The maximum Gasteiger partial charge on any atom is 1.00 e. The summed E-state index contributed by atoms with van der Waals surface area (Å²) in [7, 11) is 0. The molecule has 0 atom stereocenters. The molecule has 0 spiro atoms. The fraction of sp³-hybridized carbons (Fsp3) is 0.143. The van der Waals surface area contributed by atoms with E-state index >= 15 is 0 Å². The quantitative estimate of drug-likeness (QED) is 0.376. The van der Waals surface area contributed by atoms with Crippen molar-refractivity contribution >= 4 is 23.3 Å². The van der Waals surface area contributed by atoms with Crippen LogP contribution in [0.25, 0.3) is 0 Å². The molecule has 0 aromatic carbocycles. The number of hydrogen-bond donors (Lipinski definition) is 2. The summed E-state index contributed by atoms with van der Waals surface area (Å²) in [6, 6.07) is 4.04. The van der Waals surface area contributed by atoms with Crippen LogP contribution in [0.1, 0.15) is 9.27 Å². The minimum atomic E-state index is -1.31. The third kappa shape index (κ3) is 17.8. The Morgan fingerprint density at radius 3 is 1.50 bits per heavy atom. The summed E-state index contributed by atoms with van der Waals surface area (Å²) >= 11 is 1.71. The summed E-state index contributed by atoms with van der Waals surface area (Å²) in [5.41, 5.74) is 0. The molecule has 1 aromatic rings. The van der Waals surface area contributed by atoms with Crippen molar-refractivity contribution in [1.29, 1.82) is 0 Å². The Labute approximate surface area is 113 Å². The zero-order chi connectivity index (χ0) is 9.40. The first-order valence-corrected chi connectivity index (χ1v) is 3.98. The summed E-state index contributed by atoms with van der Waals surface area (Å²) in [5.74, 6) is -2.62. The number of rotatable bonds is 2. The summed E-state index contributed by atoms with van der Waals surface area (Å²) < 4.78 is 0. The van der Waals surface area contributed by atoms with Crippen LogP contribution in [0.15, 0.2) is 22.9 Å². The molecular weight excluding hydrogens is 194 g/mol. The van der Waals surface area contributed by atoms with Crippen molar-refractivity contribution < 1.29 is 60.4 Å². The minimum Gasteiger partial charge on any atom is -1.00 e. The molecule has 0 aliphatic carbocycles. The minimum absolute atomic E-state index is 0. The Morgan fingerprint density at radius 1 is 1.07 bits per heavy atom. The molecule has 0 aliphatic heterocycles. The molecule has 0 bridgehead atoms. The molecule has 0 aliphatic rings. The number of hydrogen-bond acceptors (Lipinski definition) is 3. The first kappa shape index (κ1) is 19.4. The molecule has 7 heteroatoms. The molecule has 0 saturated heterocycles. The zero-order valence-corrected chi connectivity index (χ0v) is 8.95. The number of carbonyl (C=O) groups is 2. The normalized spacial score (nSPS) is 6.86. The molecule has 1 rings (SSSR count).